The first-order valence-corrected chi connectivity index (χ1v) is 11.1. The van der Waals surface area contributed by atoms with Crippen molar-refractivity contribution in [3.05, 3.63) is 52.2 Å². The van der Waals surface area contributed by atoms with Gasteiger partial charge in [-0.3, -0.25) is 0 Å². The molecule has 2 N–H and O–H groups in total. The molecule has 6 heteroatoms. The van der Waals surface area contributed by atoms with Crippen LogP contribution in [0.3, 0.4) is 0 Å². The van der Waals surface area contributed by atoms with Crippen molar-refractivity contribution in [3.8, 4) is 0 Å². The van der Waals surface area contributed by atoms with E-state index in [1.807, 2.05) is 0 Å². The number of aliphatic imine (C=N–C) groups is 1. The van der Waals surface area contributed by atoms with E-state index in [2.05, 4.69) is 70.2 Å². The molecular weight excluding hydrogens is 368 g/mol. The molecule has 1 aliphatic heterocycles. The van der Waals surface area contributed by atoms with E-state index >= 15 is 0 Å². The summed E-state index contributed by atoms with van der Waals surface area (Å²) < 4.78 is 0. The van der Waals surface area contributed by atoms with Gasteiger partial charge in [0.05, 0.1) is 6.54 Å². The van der Waals surface area contributed by atoms with E-state index in [1.165, 1.54) is 16.8 Å². The molecule has 0 aliphatic carbocycles. The van der Waals surface area contributed by atoms with Gasteiger partial charge in [-0.05, 0) is 65.8 Å². The molecule has 152 valence electrons. The van der Waals surface area contributed by atoms with E-state index < -0.39 is 0 Å². The van der Waals surface area contributed by atoms with Gasteiger partial charge in [0.15, 0.2) is 5.96 Å². The summed E-state index contributed by atoms with van der Waals surface area (Å²) >= 11 is 1.73. The fraction of sp³-hybridized carbons (Fsp3) is 0.500. The SMILES string of the molecule is CCNC(=NCc1ccc(N2CCC(CO)CC2)cc1)N(C)Cc1ccsc1. The molecule has 1 aromatic heterocycles. The molecule has 5 nitrogen and oxygen atoms in total. The van der Waals surface area contributed by atoms with E-state index in [0.717, 1.165) is 45.0 Å². The van der Waals surface area contributed by atoms with Crippen LogP contribution in [0.25, 0.3) is 0 Å². The highest BCUT2D eigenvalue weighted by molar-refractivity contribution is 7.07. The van der Waals surface area contributed by atoms with Crippen LogP contribution in [0.15, 0.2) is 46.1 Å². The Bertz CT molecular complexity index is 722. The van der Waals surface area contributed by atoms with Gasteiger partial charge in [-0.15, -0.1) is 0 Å². The van der Waals surface area contributed by atoms with Gasteiger partial charge in [-0.1, -0.05) is 12.1 Å². The summed E-state index contributed by atoms with van der Waals surface area (Å²) in [5.74, 6) is 1.41. The van der Waals surface area contributed by atoms with Crippen molar-refractivity contribution < 1.29 is 5.11 Å². The molecule has 0 bridgehead atoms. The lowest BCUT2D eigenvalue weighted by Crippen LogP contribution is -2.38. The smallest absolute Gasteiger partial charge is 0.194 e. The summed E-state index contributed by atoms with van der Waals surface area (Å²) in [6, 6.07) is 10.9. The van der Waals surface area contributed by atoms with Gasteiger partial charge in [0.25, 0.3) is 0 Å². The van der Waals surface area contributed by atoms with Gasteiger partial charge < -0.3 is 20.2 Å². The van der Waals surface area contributed by atoms with Crippen molar-refractivity contribution >= 4 is 23.0 Å². The van der Waals surface area contributed by atoms with Crippen molar-refractivity contribution in [2.45, 2.75) is 32.9 Å². The van der Waals surface area contributed by atoms with E-state index in [-0.39, 0.29) is 0 Å². The zero-order valence-electron chi connectivity index (χ0n) is 17.0. The van der Waals surface area contributed by atoms with Crippen LogP contribution < -0.4 is 10.2 Å². The highest BCUT2D eigenvalue weighted by Crippen LogP contribution is 2.23. The molecular formula is C22H32N4OS. The Hall–Kier alpha value is -2.05. The second kappa shape index (κ2) is 10.5. The molecule has 0 radical (unpaired) electrons. The van der Waals surface area contributed by atoms with Crippen LogP contribution in [-0.4, -0.2) is 49.3 Å². The molecule has 1 aromatic carbocycles. The van der Waals surface area contributed by atoms with Gasteiger partial charge in [-0.2, -0.15) is 11.3 Å². The highest BCUT2D eigenvalue weighted by atomic mass is 32.1. The number of thiophene rings is 1. The quantitative estimate of drug-likeness (QED) is 0.551. The molecule has 1 fully saturated rings. The second-order valence-electron chi connectivity index (χ2n) is 7.44. The van der Waals surface area contributed by atoms with Crippen molar-refractivity contribution in [2.75, 3.05) is 38.2 Å². The third-order valence-electron chi connectivity index (χ3n) is 5.28. The first-order chi connectivity index (χ1) is 13.7. The molecule has 0 spiro atoms. The molecule has 0 amide bonds. The van der Waals surface area contributed by atoms with Crippen LogP contribution in [-0.2, 0) is 13.1 Å². The third kappa shape index (κ3) is 5.72. The minimum atomic E-state index is 0.319. The molecule has 28 heavy (non-hydrogen) atoms. The first-order valence-electron chi connectivity index (χ1n) is 10.1. The van der Waals surface area contributed by atoms with Crippen molar-refractivity contribution in [1.82, 2.24) is 10.2 Å². The number of nitrogens with one attached hydrogen (secondary N) is 1. The van der Waals surface area contributed by atoms with Crippen LogP contribution in [0.2, 0.25) is 0 Å². The summed E-state index contributed by atoms with van der Waals surface area (Å²) in [6.07, 6.45) is 2.15. The standard InChI is InChI=1S/C22H32N4OS/c1-3-23-22(25(2)15-20-10-13-28-17-20)24-14-18-4-6-21(7-5-18)26-11-8-19(16-27)9-12-26/h4-7,10,13,17,19,27H,3,8-9,11-12,14-16H2,1-2H3,(H,23,24). The Morgan fingerprint density at radius 2 is 1.96 bits per heavy atom. The minimum Gasteiger partial charge on any atom is -0.396 e. The summed E-state index contributed by atoms with van der Waals surface area (Å²) in [5, 5.41) is 17.0. The average Bonchev–Trinajstić information content (AvgIpc) is 3.24. The fourth-order valence-corrected chi connectivity index (χ4v) is 4.21. The van der Waals surface area contributed by atoms with Gasteiger partial charge in [0.1, 0.15) is 0 Å². The number of benzene rings is 1. The van der Waals surface area contributed by atoms with Crippen LogP contribution in [0.1, 0.15) is 30.9 Å². The lowest BCUT2D eigenvalue weighted by molar-refractivity contribution is 0.203. The fourth-order valence-electron chi connectivity index (χ4n) is 3.55. The molecule has 1 aliphatic rings. The van der Waals surface area contributed by atoms with E-state index in [1.54, 1.807) is 11.3 Å². The molecule has 0 saturated carbocycles. The topological polar surface area (TPSA) is 51.1 Å². The zero-order chi connectivity index (χ0) is 19.8. The Morgan fingerprint density at radius 3 is 2.57 bits per heavy atom. The zero-order valence-corrected chi connectivity index (χ0v) is 17.8. The number of aliphatic hydroxyl groups excluding tert-OH is 1. The van der Waals surface area contributed by atoms with Crippen LogP contribution in [0.5, 0.6) is 0 Å². The van der Waals surface area contributed by atoms with Crippen molar-refractivity contribution in [3.63, 3.8) is 0 Å². The Kier molecular flexibility index (Phi) is 7.74. The number of nitrogens with zero attached hydrogens (tertiary/aromatic N) is 3. The number of aliphatic hydroxyl groups is 1. The predicted molar refractivity (Wildman–Crippen MR) is 119 cm³/mol. The molecule has 2 heterocycles. The number of piperidine rings is 1. The molecule has 0 unspecified atom stereocenters. The van der Waals surface area contributed by atoms with Gasteiger partial charge >= 0.3 is 0 Å². The largest absolute Gasteiger partial charge is 0.396 e. The highest BCUT2D eigenvalue weighted by Gasteiger charge is 2.18. The minimum absolute atomic E-state index is 0.319. The molecule has 2 aromatic rings. The lowest BCUT2D eigenvalue weighted by Gasteiger charge is -2.32. The lowest BCUT2D eigenvalue weighted by atomic mass is 9.97. The maximum absolute atomic E-state index is 9.30. The van der Waals surface area contributed by atoms with Crippen LogP contribution >= 0.6 is 11.3 Å². The number of rotatable bonds is 7. The van der Waals surface area contributed by atoms with Crippen LogP contribution in [0.4, 0.5) is 5.69 Å². The van der Waals surface area contributed by atoms with E-state index in [4.69, 9.17) is 4.99 Å². The summed E-state index contributed by atoms with van der Waals surface area (Å²) in [4.78, 5) is 9.41. The Labute approximate surface area is 172 Å². The summed E-state index contributed by atoms with van der Waals surface area (Å²) in [6.45, 7) is 6.86. The van der Waals surface area contributed by atoms with E-state index in [0.29, 0.717) is 19.1 Å². The Morgan fingerprint density at radius 1 is 1.21 bits per heavy atom. The predicted octanol–water partition coefficient (Wildman–Crippen LogP) is 3.55. The number of guanidine groups is 1. The maximum atomic E-state index is 9.30. The normalized spacial score (nSPS) is 15.7. The van der Waals surface area contributed by atoms with Crippen molar-refractivity contribution in [1.29, 1.82) is 0 Å². The molecule has 0 atom stereocenters. The maximum Gasteiger partial charge on any atom is 0.194 e. The van der Waals surface area contributed by atoms with Gasteiger partial charge in [0.2, 0.25) is 0 Å². The number of hydrogen-bond acceptors (Lipinski definition) is 4. The third-order valence-corrected chi connectivity index (χ3v) is 6.01. The van der Waals surface area contributed by atoms with E-state index in [9.17, 15) is 5.11 Å². The number of hydrogen-bond donors (Lipinski definition) is 2. The Balaban J connectivity index is 1.58. The second-order valence-corrected chi connectivity index (χ2v) is 8.22. The average molecular weight is 401 g/mol. The summed E-state index contributed by atoms with van der Waals surface area (Å²) in [7, 11) is 2.08. The molecule has 3 rings (SSSR count). The number of anilines is 1. The first kappa shape index (κ1) is 20.7. The molecule has 1 saturated heterocycles. The van der Waals surface area contributed by atoms with Gasteiger partial charge in [-0.25, -0.2) is 4.99 Å². The van der Waals surface area contributed by atoms with Gasteiger partial charge in [0, 0.05) is 45.5 Å². The van der Waals surface area contributed by atoms with Crippen LogP contribution in [0, 0.1) is 5.92 Å². The monoisotopic (exact) mass is 400 g/mol. The van der Waals surface area contributed by atoms with Crippen molar-refractivity contribution in [2.24, 2.45) is 10.9 Å². The summed E-state index contributed by atoms with van der Waals surface area (Å²) in [5.41, 5.74) is 3.80.